The number of hydrogen-bond acceptors (Lipinski definition) is 2. The highest BCUT2D eigenvalue weighted by Gasteiger charge is 2.58. The molecule has 4 rings (SSSR count). The van der Waals surface area contributed by atoms with Crippen molar-refractivity contribution in [3.63, 3.8) is 0 Å². The molecule has 2 aliphatic carbocycles. The quantitative estimate of drug-likeness (QED) is 0.895. The monoisotopic (exact) mass is 284 g/mol. The van der Waals surface area contributed by atoms with Crippen LogP contribution in [-0.4, -0.2) is 19.0 Å². The molecule has 2 unspecified atom stereocenters. The lowest BCUT2D eigenvalue weighted by Crippen LogP contribution is -2.39. The van der Waals surface area contributed by atoms with E-state index < -0.39 is 0 Å². The first kappa shape index (κ1) is 13.3. The van der Waals surface area contributed by atoms with Crippen molar-refractivity contribution in [1.82, 2.24) is 10.6 Å². The van der Waals surface area contributed by atoms with Crippen molar-refractivity contribution in [1.29, 1.82) is 0 Å². The summed E-state index contributed by atoms with van der Waals surface area (Å²) < 4.78 is 0. The molecule has 112 valence electrons. The van der Waals surface area contributed by atoms with Crippen LogP contribution in [0, 0.1) is 11.3 Å². The fraction of sp³-hybridized carbons (Fsp3) is 0.611. The minimum absolute atomic E-state index is 0.275. The van der Waals surface area contributed by atoms with Crippen LogP contribution in [0.15, 0.2) is 24.3 Å². The molecular weight excluding hydrogens is 260 g/mol. The summed E-state index contributed by atoms with van der Waals surface area (Å²) in [4.78, 5) is 12.4. The summed E-state index contributed by atoms with van der Waals surface area (Å²) in [5.74, 6) is 0.598. The Kier molecular flexibility index (Phi) is 3.26. The van der Waals surface area contributed by atoms with E-state index in [1.54, 1.807) is 0 Å². The zero-order valence-corrected chi connectivity index (χ0v) is 12.5. The van der Waals surface area contributed by atoms with Crippen molar-refractivity contribution in [2.45, 2.75) is 44.6 Å². The fourth-order valence-corrected chi connectivity index (χ4v) is 4.45. The van der Waals surface area contributed by atoms with Crippen LogP contribution >= 0.6 is 0 Å². The van der Waals surface area contributed by atoms with Gasteiger partial charge in [0, 0.05) is 18.5 Å². The summed E-state index contributed by atoms with van der Waals surface area (Å²) in [5.41, 5.74) is 3.19. The van der Waals surface area contributed by atoms with Crippen molar-refractivity contribution in [2.75, 3.05) is 13.1 Å². The molecule has 0 aromatic heterocycles. The Labute approximate surface area is 126 Å². The SMILES string of the molecule is O=C(NCC1NCCc2ccccc21)C1CC12CCCC2. The number of carbonyl (C=O) groups is 1. The van der Waals surface area contributed by atoms with E-state index in [-0.39, 0.29) is 6.04 Å². The molecule has 21 heavy (non-hydrogen) atoms. The smallest absolute Gasteiger partial charge is 0.223 e. The van der Waals surface area contributed by atoms with Crippen LogP contribution < -0.4 is 10.6 Å². The van der Waals surface area contributed by atoms with Crippen LogP contribution in [0.5, 0.6) is 0 Å². The van der Waals surface area contributed by atoms with Crippen LogP contribution in [0.25, 0.3) is 0 Å². The summed E-state index contributed by atoms with van der Waals surface area (Å²) in [6, 6.07) is 8.87. The van der Waals surface area contributed by atoms with E-state index in [0.717, 1.165) is 25.9 Å². The minimum Gasteiger partial charge on any atom is -0.354 e. The van der Waals surface area contributed by atoms with E-state index in [1.807, 2.05) is 0 Å². The van der Waals surface area contributed by atoms with E-state index in [0.29, 0.717) is 17.2 Å². The van der Waals surface area contributed by atoms with Crippen molar-refractivity contribution in [3.05, 3.63) is 35.4 Å². The molecule has 0 radical (unpaired) electrons. The van der Waals surface area contributed by atoms with Crippen LogP contribution in [-0.2, 0) is 11.2 Å². The number of hydrogen-bond donors (Lipinski definition) is 2. The summed E-state index contributed by atoms with van der Waals surface area (Å²) in [6.45, 7) is 1.73. The number of rotatable bonds is 3. The van der Waals surface area contributed by atoms with E-state index in [9.17, 15) is 4.79 Å². The molecule has 2 saturated carbocycles. The van der Waals surface area contributed by atoms with Gasteiger partial charge >= 0.3 is 0 Å². The largest absolute Gasteiger partial charge is 0.354 e. The van der Waals surface area contributed by atoms with Gasteiger partial charge in [-0.25, -0.2) is 0 Å². The predicted molar refractivity (Wildman–Crippen MR) is 82.9 cm³/mol. The third-order valence-corrected chi connectivity index (χ3v) is 5.80. The standard InChI is InChI=1S/C18H24N2O/c21-17(15-11-18(15)8-3-4-9-18)20-12-16-14-6-2-1-5-13(14)7-10-19-16/h1-2,5-6,15-16,19H,3-4,7-12H2,(H,20,21). The Morgan fingerprint density at radius 3 is 2.95 bits per heavy atom. The summed E-state index contributed by atoms with van der Waals surface area (Å²) in [7, 11) is 0. The summed E-state index contributed by atoms with van der Waals surface area (Å²) in [6.07, 6.45) is 7.41. The van der Waals surface area contributed by atoms with Crippen molar-refractivity contribution in [2.24, 2.45) is 11.3 Å². The van der Waals surface area contributed by atoms with Gasteiger partial charge in [0.15, 0.2) is 0 Å². The second-order valence-corrected chi connectivity index (χ2v) is 7.03. The van der Waals surface area contributed by atoms with E-state index >= 15 is 0 Å². The molecule has 1 aromatic rings. The van der Waals surface area contributed by atoms with Crippen LogP contribution in [0.2, 0.25) is 0 Å². The molecule has 0 saturated heterocycles. The number of carbonyl (C=O) groups excluding carboxylic acids is 1. The Morgan fingerprint density at radius 1 is 1.29 bits per heavy atom. The third kappa shape index (κ3) is 2.38. The Morgan fingerprint density at radius 2 is 2.10 bits per heavy atom. The number of fused-ring (bicyclic) bond motifs is 1. The van der Waals surface area contributed by atoms with Gasteiger partial charge in [0.05, 0.1) is 0 Å². The average Bonchev–Trinajstić information content (AvgIpc) is 3.02. The molecule has 2 atom stereocenters. The maximum Gasteiger partial charge on any atom is 0.223 e. The maximum atomic E-state index is 12.4. The molecule has 3 heteroatoms. The summed E-state index contributed by atoms with van der Waals surface area (Å²) >= 11 is 0. The van der Waals surface area contributed by atoms with E-state index in [2.05, 4.69) is 34.9 Å². The van der Waals surface area contributed by atoms with Crippen molar-refractivity contribution in [3.8, 4) is 0 Å². The molecule has 1 aromatic carbocycles. The predicted octanol–water partition coefficient (Wildman–Crippen LogP) is 2.57. The zero-order chi connectivity index (χ0) is 14.3. The van der Waals surface area contributed by atoms with Crippen LogP contribution in [0.1, 0.15) is 49.3 Å². The van der Waals surface area contributed by atoms with Crippen LogP contribution in [0.4, 0.5) is 0 Å². The lowest BCUT2D eigenvalue weighted by atomic mass is 9.94. The van der Waals surface area contributed by atoms with Gasteiger partial charge in [-0.2, -0.15) is 0 Å². The maximum absolute atomic E-state index is 12.4. The van der Waals surface area contributed by atoms with Gasteiger partial charge in [0.25, 0.3) is 0 Å². The van der Waals surface area contributed by atoms with Gasteiger partial charge in [0.2, 0.25) is 5.91 Å². The normalized spacial score (nSPS) is 29.1. The second kappa shape index (κ2) is 5.13. The molecule has 1 spiro atoms. The molecule has 2 N–H and O–H groups in total. The zero-order valence-electron chi connectivity index (χ0n) is 12.5. The van der Waals surface area contributed by atoms with E-state index in [1.165, 1.54) is 36.8 Å². The Balaban J connectivity index is 1.37. The van der Waals surface area contributed by atoms with Crippen LogP contribution in [0.3, 0.4) is 0 Å². The van der Waals surface area contributed by atoms with Gasteiger partial charge in [-0.3, -0.25) is 4.79 Å². The molecule has 1 amide bonds. The lowest BCUT2D eigenvalue weighted by Gasteiger charge is -2.27. The van der Waals surface area contributed by atoms with Gasteiger partial charge in [-0.05, 0) is 48.8 Å². The lowest BCUT2D eigenvalue weighted by molar-refractivity contribution is -0.123. The highest BCUT2D eigenvalue weighted by molar-refractivity contribution is 5.82. The van der Waals surface area contributed by atoms with Crippen molar-refractivity contribution >= 4 is 5.91 Å². The first-order valence-electron chi connectivity index (χ1n) is 8.37. The molecular formula is C18H24N2O. The highest BCUT2D eigenvalue weighted by Crippen LogP contribution is 2.62. The molecule has 3 nitrogen and oxygen atoms in total. The second-order valence-electron chi connectivity index (χ2n) is 7.03. The molecule has 3 aliphatic rings. The number of amides is 1. The molecule has 1 aliphatic heterocycles. The average molecular weight is 284 g/mol. The first-order chi connectivity index (χ1) is 10.3. The first-order valence-corrected chi connectivity index (χ1v) is 8.37. The topological polar surface area (TPSA) is 41.1 Å². The Hall–Kier alpha value is -1.35. The summed E-state index contributed by atoms with van der Waals surface area (Å²) in [5, 5.41) is 6.74. The van der Waals surface area contributed by atoms with E-state index in [4.69, 9.17) is 0 Å². The molecule has 0 bridgehead atoms. The Bertz CT molecular complexity index is 548. The highest BCUT2D eigenvalue weighted by atomic mass is 16.2. The fourth-order valence-electron chi connectivity index (χ4n) is 4.45. The minimum atomic E-state index is 0.275. The van der Waals surface area contributed by atoms with Crippen molar-refractivity contribution < 1.29 is 4.79 Å². The van der Waals surface area contributed by atoms with Gasteiger partial charge in [0.1, 0.15) is 0 Å². The number of nitrogens with one attached hydrogen (secondary N) is 2. The third-order valence-electron chi connectivity index (χ3n) is 5.80. The molecule has 1 heterocycles. The number of benzene rings is 1. The van der Waals surface area contributed by atoms with Gasteiger partial charge in [-0.1, -0.05) is 37.1 Å². The van der Waals surface area contributed by atoms with Gasteiger partial charge in [-0.15, -0.1) is 0 Å². The molecule has 2 fully saturated rings. The van der Waals surface area contributed by atoms with Gasteiger partial charge < -0.3 is 10.6 Å².